The lowest BCUT2D eigenvalue weighted by Gasteiger charge is -2.34. The molecule has 0 bridgehead atoms. The number of aliphatic hydroxyl groups is 1. The second-order valence-corrected chi connectivity index (χ2v) is 5.79. The van der Waals surface area contributed by atoms with Gasteiger partial charge in [0.2, 0.25) is 0 Å². The summed E-state index contributed by atoms with van der Waals surface area (Å²) < 4.78 is 0. The summed E-state index contributed by atoms with van der Waals surface area (Å²) >= 11 is 0. The van der Waals surface area contributed by atoms with Gasteiger partial charge in [-0.1, -0.05) is 6.92 Å². The van der Waals surface area contributed by atoms with E-state index in [2.05, 4.69) is 12.2 Å². The molecule has 1 aliphatic rings. The van der Waals surface area contributed by atoms with Crippen molar-refractivity contribution >= 4 is 5.91 Å². The first-order valence-electron chi connectivity index (χ1n) is 6.92. The summed E-state index contributed by atoms with van der Waals surface area (Å²) in [6.45, 7) is 2.37. The summed E-state index contributed by atoms with van der Waals surface area (Å²) in [5, 5.41) is 31.6. The minimum atomic E-state index is -0.832. The molecule has 20 heavy (non-hydrogen) atoms. The van der Waals surface area contributed by atoms with Gasteiger partial charge in [-0.2, -0.15) is 0 Å². The van der Waals surface area contributed by atoms with Gasteiger partial charge in [0.25, 0.3) is 5.91 Å². The van der Waals surface area contributed by atoms with Crippen molar-refractivity contribution < 1.29 is 20.1 Å². The molecule has 4 N–H and O–H groups in total. The van der Waals surface area contributed by atoms with Gasteiger partial charge in [0.15, 0.2) is 11.5 Å². The zero-order valence-corrected chi connectivity index (χ0v) is 11.6. The molecular weight excluding hydrogens is 258 g/mol. The van der Waals surface area contributed by atoms with Gasteiger partial charge in [-0.3, -0.25) is 4.79 Å². The number of rotatable bonds is 3. The predicted molar refractivity (Wildman–Crippen MR) is 74.7 cm³/mol. The number of phenolic OH excluding ortho intramolecular Hbond substituents is 2. The highest BCUT2D eigenvalue weighted by molar-refractivity contribution is 5.94. The fourth-order valence-electron chi connectivity index (χ4n) is 2.49. The van der Waals surface area contributed by atoms with Crippen LogP contribution in [-0.2, 0) is 0 Å². The first kappa shape index (κ1) is 14.7. The third kappa shape index (κ3) is 3.42. The SMILES string of the molecule is CC1CCC(O)(CNC(=O)c2ccc(O)c(O)c2)CC1. The van der Waals surface area contributed by atoms with Crippen molar-refractivity contribution in [2.45, 2.75) is 38.2 Å². The molecule has 110 valence electrons. The molecule has 2 rings (SSSR count). The molecule has 1 aromatic carbocycles. The van der Waals surface area contributed by atoms with Crippen molar-refractivity contribution in [2.75, 3.05) is 6.54 Å². The summed E-state index contributed by atoms with van der Waals surface area (Å²) in [5.41, 5.74) is -0.575. The Hall–Kier alpha value is -1.75. The molecule has 1 amide bonds. The molecule has 0 aromatic heterocycles. The lowest BCUT2D eigenvalue weighted by Crippen LogP contribution is -2.45. The van der Waals surface area contributed by atoms with Crippen LogP contribution in [0.5, 0.6) is 11.5 Å². The van der Waals surface area contributed by atoms with Crippen LogP contribution in [-0.4, -0.2) is 33.4 Å². The highest BCUT2D eigenvalue weighted by atomic mass is 16.3. The van der Waals surface area contributed by atoms with Crippen LogP contribution in [0.2, 0.25) is 0 Å². The molecule has 0 saturated heterocycles. The molecule has 1 fully saturated rings. The maximum Gasteiger partial charge on any atom is 0.251 e. The average Bonchev–Trinajstić information content (AvgIpc) is 2.43. The zero-order valence-electron chi connectivity index (χ0n) is 11.6. The number of benzene rings is 1. The van der Waals surface area contributed by atoms with Gasteiger partial charge in [0.1, 0.15) is 0 Å². The van der Waals surface area contributed by atoms with Crippen LogP contribution in [0.3, 0.4) is 0 Å². The molecular formula is C15H21NO4. The van der Waals surface area contributed by atoms with Crippen LogP contribution in [0.4, 0.5) is 0 Å². The molecule has 0 radical (unpaired) electrons. The number of phenols is 2. The topological polar surface area (TPSA) is 89.8 Å². The van der Waals surface area contributed by atoms with Crippen LogP contribution in [0.25, 0.3) is 0 Å². The van der Waals surface area contributed by atoms with E-state index in [1.54, 1.807) is 0 Å². The van der Waals surface area contributed by atoms with E-state index >= 15 is 0 Å². The normalized spacial score (nSPS) is 26.2. The molecule has 1 saturated carbocycles. The minimum absolute atomic E-state index is 0.209. The van der Waals surface area contributed by atoms with Crippen molar-refractivity contribution in [3.05, 3.63) is 23.8 Å². The Balaban J connectivity index is 1.93. The van der Waals surface area contributed by atoms with Gasteiger partial charge < -0.3 is 20.6 Å². The Bertz CT molecular complexity index is 493. The number of hydrogen-bond acceptors (Lipinski definition) is 4. The van der Waals surface area contributed by atoms with E-state index in [0.717, 1.165) is 12.8 Å². The monoisotopic (exact) mass is 279 g/mol. The van der Waals surface area contributed by atoms with Crippen LogP contribution < -0.4 is 5.32 Å². The van der Waals surface area contributed by atoms with Crippen molar-refractivity contribution in [3.8, 4) is 11.5 Å². The van der Waals surface area contributed by atoms with E-state index in [9.17, 15) is 20.1 Å². The number of amides is 1. The number of aromatic hydroxyl groups is 2. The lowest BCUT2D eigenvalue weighted by molar-refractivity contribution is -0.00540. The maximum atomic E-state index is 11.9. The highest BCUT2D eigenvalue weighted by Crippen LogP contribution is 2.31. The molecule has 0 spiro atoms. The van der Waals surface area contributed by atoms with E-state index < -0.39 is 5.60 Å². The average molecular weight is 279 g/mol. The Kier molecular flexibility index (Phi) is 4.18. The third-order valence-electron chi connectivity index (χ3n) is 4.02. The molecule has 0 unspecified atom stereocenters. The molecule has 0 aliphatic heterocycles. The van der Waals surface area contributed by atoms with Gasteiger partial charge in [-0.25, -0.2) is 0 Å². The molecule has 5 nitrogen and oxygen atoms in total. The Labute approximate surface area is 118 Å². The van der Waals surface area contributed by atoms with E-state index in [1.807, 2.05) is 0 Å². The second-order valence-electron chi connectivity index (χ2n) is 5.79. The maximum absolute atomic E-state index is 11.9. The van der Waals surface area contributed by atoms with E-state index in [0.29, 0.717) is 18.8 Å². The third-order valence-corrected chi connectivity index (χ3v) is 4.02. The van der Waals surface area contributed by atoms with Gasteiger partial charge in [0.05, 0.1) is 5.60 Å². The number of carbonyl (C=O) groups is 1. The number of nitrogens with one attached hydrogen (secondary N) is 1. The Morgan fingerprint density at radius 3 is 2.55 bits per heavy atom. The van der Waals surface area contributed by atoms with Crippen molar-refractivity contribution in [1.29, 1.82) is 0 Å². The summed E-state index contributed by atoms with van der Waals surface area (Å²) in [5.74, 6) is -0.336. The van der Waals surface area contributed by atoms with Crippen LogP contribution in [0.1, 0.15) is 43.0 Å². The Morgan fingerprint density at radius 1 is 1.30 bits per heavy atom. The summed E-state index contributed by atoms with van der Waals surface area (Å²) in [4.78, 5) is 11.9. The number of hydrogen-bond donors (Lipinski definition) is 4. The van der Waals surface area contributed by atoms with E-state index in [4.69, 9.17) is 0 Å². The second kappa shape index (κ2) is 5.71. The molecule has 0 atom stereocenters. The standard InChI is InChI=1S/C15H21NO4/c1-10-4-6-15(20,7-5-10)9-16-14(19)11-2-3-12(17)13(18)8-11/h2-3,8,10,17-18,20H,4-7,9H2,1H3,(H,16,19). The highest BCUT2D eigenvalue weighted by Gasteiger charge is 2.32. The van der Waals surface area contributed by atoms with Gasteiger partial charge >= 0.3 is 0 Å². The first-order valence-corrected chi connectivity index (χ1v) is 6.92. The van der Waals surface area contributed by atoms with Crippen molar-refractivity contribution in [3.63, 3.8) is 0 Å². The first-order chi connectivity index (χ1) is 9.39. The summed E-state index contributed by atoms with van der Waals surface area (Å²) in [6.07, 6.45) is 3.31. The smallest absolute Gasteiger partial charge is 0.251 e. The fourth-order valence-corrected chi connectivity index (χ4v) is 2.49. The molecule has 0 heterocycles. The van der Waals surface area contributed by atoms with Crippen molar-refractivity contribution in [1.82, 2.24) is 5.32 Å². The largest absolute Gasteiger partial charge is 0.504 e. The molecule has 1 aliphatic carbocycles. The lowest BCUT2D eigenvalue weighted by atomic mass is 9.79. The van der Waals surface area contributed by atoms with E-state index in [1.165, 1.54) is 18.2 Å². The van der Waals surface area contributed by atoms with Crippen LogP contribution in [0, 0.1) is 5.92 Å². The van der Waals surface area contributed by atoms with Crippen LogP contribution >= 0.6 is 0 Å². The Morgan fingerprint density at radius 2 is 1.95 bits per heavy atom. The van der Waals surface area contributed by atoms with Gasteiger partial charge in [0, 0.05) is 12.1 Å². The minimum Gasteiger partial charge on any atom is -0.504 e. The van der Waals surface area contributed by atoms with E-state index in [-0.39, 0.29) is 29.5 Å². The zero-order chi connectivity index (χ0) is 14.8. The van der Waals surface area contributed by atoms with Crippen LogP contribution in [0.15, 0.2) is 18.2 Å². The summed E-state index contributed by atoms with van der Waals surface area (Å²) in [6, 6.07) is 3.90. The summed E-state index contributed by atoms with van der Waals surface area (Å²) in [7, 11) is 0. The molecule has 5 heteroatoms. The fraction of sp³-hybridized carbons (Fsp3) is 0.533. The van der Waals surface area contributed by atoms with Gasteiger partial charge in [-0.15, -0.1) is 0 Å². The van der Waals surface area contributed by atoms with Gasteiger partial charge in [-0.05, 0) is 49.8 Å². The quantitative estimate of drug-likeness (QED) is 0.635. The predicted octanol–water partition coefficient (Wildman–Crippen LogP) is 1.77. The molecule has 1 aromatic rings. The van der Waals surface area contributed by atoms with Crippen molar-refractivity contribution in [2.24, 2.45) is 5.92 Å². The number of carbonyl (C=O) groups excluding carboxylic acids is 1.